The van der Waals surface area contributed by atoms with Crippen LogP contribution < -0.4 is 10.6 Å². The number of nitrogens with one attached hydrogen (secondary N) is 2. The van der Waals surface area contributed by atoms with E-state index in [1.54, 1.807) is 24.4 Å². The number of hydrogen-bond acceptors (Lipinski definition) is 4. The fourth-order valence-electron chi connectivity index (χ4n) is 2.91. The van der Waals surface area contributed by atoms with Gasteiger partial charge in [0.2, 0.25) is 5.91 Å². The Morgan fingerprint density at radius 1 is 1.33 bits per heavy atom. The molecule has 126 valence electrons. The molecule has 1 amide bonds. The van der Waals surface area contributed by atoms with Gasteiger partial charge in [0.25, 0.3) is 0 Å². The number of benzene rings is 1. The van der Waals surface area contributed by atoms with Crippen molar-refractivity contribution in [2.24, 2.45) is 0 Å². The Kier molecular flexibility index (Phi) is 5.51. The molecule has 0 aliphatic carbocycles. The summed E-state index contributed by atoms with van der Waals surface area (Å²) in [6.07, 6.45) is 3.58. The van der Waals surface area contributed by atoms with Gasteiger partial charge in [-0.15, -0.1) is 0 Å². The lowest BCUT2D eigenvalue weighted by atomic mass is 10.1. The van der Waals surface area contributed by atoms with Crippen LogP contribution in [0.25, 0.3) is 0 Å². The van der Waals surface area contributed by atoms with Gasteiger partial charge in [0.1, 0.15) is 5.82 Å². The first-order valence-corrected chi connectivity index (χ1v) is 8.09. The van der Waals surface area contributed by atoms with Crippen LogP contribution in [-0.2, 0) is 11.3 Å². The molecule has 1 atom stereocenters. The minimum atomic E-state index is -0.298. The molecule has 1 saturated heterocycles. The maximum absolute atomic E-state index is 13.6. The highest BCUT2D eigenvalue weighted by Crippen LogP contribution is 2.20. The van der Waals surface area contributed by atoms with E-state index in [9.17, 15) is 9.18 Å². The van der Waals surface area contributed by atoms with Gasteiger partial charge in [0.05, 0.1) is 6.54 Å². The molecular formula is C18H21FN4O. The quantitative estimate of drug-likeness (QED) is 0.873. The van der Waals surface area contributed by atoms with Crippen molar-refractivity contribution >= 4 is 5.91 Å². The number of nitrogens with zero attached hydrogens (tertiary/aromatic N) is 2. The van der Waals surface area contributed by atoms with E-state index < -0.39 is 0 Å². The van der Waals surface area contributed by atoms with Crippen LogP contribution in [0, 0.1) is 5.82 Å². The zero-order chi connectivity index (χ0) is 16.8. The zero-order valence-corrected chi connectivity index (χ0v) is 13.4. The molecular weight excluding hydrogens is 307 g/mol. The fourth-order valence-corrected chi connectivity index (χ4v) is 2.91. The molecule has 0 radical (unpaired) electrons. The first kappa shape index (κ1) is 16.5. The third kappa shape index (κ3) is 4.15. The highest BCUT2D eigenvalue weighted by molar-refractivity contribution is 5.78. The van der Waals surface area contributed by atoms with Gasteiger partial charge >= 0.3 is 0 Å². The molecule has 0 spiro atoms. The second-order valence-corrected chi connectivity index (χ2v) is 5.84. The largest absolute Gasteiger partial charge is 0.351 e. The number of piperazine rings is 1. The summed E-state index contributed by atoms with van der Waals surface area (Å²) in [5.41, 5.74) is 1.58. The first-order valence-electron chi connectivity index (χ1n) is 8.09. The summed E-state index contributed by atoms with van der Waals surface area (Å²) in [5.74, 6) is -0.401. The number of carbonyl (C=O) groups excluding carboxylic acids is 1. The van der Waals surface area contributed by atoms with E-state index in [-0.39, 0.29) is 30.9 Å². The standard InChI is InChI=1S/C18H21FN4O/c19-16-6-2-1-4-14(16)11-22-18(24)13-23-9-8-21-12-17(23)15-5-3-7-20-10-15/h1-7,10,17,21H,8-9,11-13H2,(H,22,24). The zero-order valence-electron chi connectivity index (χ0n) is 13.4. The molecule has 2 heterocycles. The summed E-state index contributed by atoms with van der Waals surface area (Å²) in [7, 11) is 0. The van der Waals surface area contributed by atoms with Crippen LogP contribution in [0.2, 0.25) is 0 Å². The summed E-state index contributed by atoms with van der Waals surface area (Å²) in [5, 5.41) is 6.15. The van der Waals surface area contributed by atoms with Gasteiger partial charge in [-0.3, -0.25) is 14.7 Å². The van der Waals surface area contributed by atoms with E-state index in [4.69, 9.17) is 0 Å². The van der Waals surface area contributed by atoms with Crippen LogP contribution in [0.15, 0.2) is 48.8 Å². The van der Waals surface area contributed by atoms with Crippen molar-refractivity contribution in [3.63, 3.8) is 0 Å². The predicted molar refractivity (Wildman–Crippen MR) is 89.7 cm³/mol. The van der Waals surface area contributed by atoms with Gasteiger partial charge in [0.15, 0.2) is 0 Å². The lowest BCUT2D eigenvalue weighted by Crippen LogP contribution is -2.49. The molecule has 24 heavy (non-hydrogen) atoms. The third-order valence-electron chi connectivity index (χ3n) is 4.20. The number of hydrogen-bond donors (Lipinski definition) is 2. The number of rotatable bonds is 5. The van der Waals surface area contributed by atoms with E-state index >= 15 is 0 Å². The summed E-state index contributed by atoms with van der Waals surface area (Å²) in [6.45, 7) is 2.90. The number of carbonyl (C=O) groups is 1. The van der Waals surface area contributed by atoms with Crippen molar-refractivity contribution in [2.75, 3.05) is 26.2 Å². The second kappa shape index (κ2) is 7.99. The predicted octanol–water partition coefficient (Wildman–Crippen LogP) is 1.48. The fraction of sp³-hybridized carbons (Fsp3) is 0.333. The van der Waals surface area contributed by atoms with Crippen LogP contribution in [0.5, 0.6) is 0 Å². The van der Waals surface area contributed by atoms with Crippen molar-refractivity contribution in [3.05, 3.63) is 65.7 Å². The molecule has 0 bridgehead atoms. The van der Waals surface area contributed by atoms with Crippen LogP contribution >= 0.6 is 0 Å². The molecule has 1 unspecified atom stereocenters. The lowest BCUT2D eigenvalue weighted by molar-refractivity contribution is -0.123. The van der Waals surface area contributed by atoms with Crippen LogP contribution in [0.1, 0.15) is 17.2 Å². The topological polar surface area (TPSA) is 57.3 Å². The minimum absolute atomic E-state index is 0.103. The summed E-state index contributed by atoms with van der Waals surface area (Å²) < 4.78 is 13.6. The van der Waals surface area contributed by atoms with Gasteiger partial charge in [-0.25, -0.2) is 4.39 Å². The Bertz CT molecular complexity index is 680. The third-order valence-corrected chi connectivity index (χ3v) is 4.20. The Labute approximate surface area is 140 Å². The van der Waals surface area contributed by atoms with Crippen molar-refractivity contribution in [3.8, 4) is 0 Å². The number of amides is 1. The smallest absolute Gasteiger partial charge is 0.234 e. The Balaban J connectivity index is 1.59. The van der Waals surface area contributed by atoms with Gasteiger partial charge in [-0.05, 0) is 17.7 Å². The van der Waals surface area contributed by atoms with Gasteiger partial charge in [0, 0.05) is 50.2 Å². The van der Waals surface area contributed by atoms with E-state index in [1.165, 1.54) is 6.07 Å². The summed E-state index contributed by atoms with van der Waals surface area (Å²) in [6, 6.07) is 10.5. The van der Waals surface area contributed by atoms with E-state index in [2.05, 4.69) is 20.5 Å². The van der Waals surface area contributed by atoms with E-state index in [1.807, 2.05) is 18.3 Å². The molecule has 2 N–H and O–H groups in total. The molecule has 1 aliphatic heterocycles. The summed E-state index contributed by atoms with van der Waals surface area (Å²) in [4.78, 5) is 18.6. The molecule has 1 fully saturated rings. The number of pyridine rings is 1. The Morgan fingerprint density at radius 2 is 2.21 bits per heavy atom. The minimum Gasteiger partial charge on any atom is -0.351 e. The SMILES string of the molecule is O=C(CN1CCNCC1c1cccnc1)NCc1ccccc1F. The van der Waals surface area contributed by atoms with E-state index in [0.717, 1.165) is 25.2 Å². The molecule has 1 aromatic carbocycles. The van der Waals surface area contributed by atoms with E-state index in [0.29, 0.717) is 5.56 Å². The van der Waals surface area contributed by atoms with Crippen LogP contribution in [0.4, 0.5) is 4.39 Å². The van der Waals surface area contributed by atoms with Crippen LogP contribution in [-0.4, -0.2) is 42.0 Å². The molecule has 1 aliphatic rings. The van der Waals surface area contributed by atoms with Crippen molar-refractivity contribution in [1.29, 1.82) is 0 Å². The molecule has 2 aromatic rings. The monoisotopic (exact) mass is 328 g/mol. The van der Waals surface area contributed by atoms with Gasteiger partial charge in [-0.1, -0.05) is 24.3 Å². The van der Waals surface area contributed by atoms with Crippen molar-refractivity contribution in [1.82, 2.24) is 20.5 Å². The molecule has 5 nitrogen and oxygen atoms in total. The first-order chi connectivity index (χ1) is 11.7. The van der Waals surface area contributed by atoms with Gasteiger partial charge in [-0.2, -0.15) is 0 Å². The number of aromatic nitrogens is 1. The average Bonchev–Trinajstić information content (AvgIpc) is 2.62. The molecule has 6 heteroatoms. The highest BCUT2D eigenvalue weighted by atomic mass is 19.1. The summed E-state index contributed by atoms with van der Waals surface area (Å²) >= 11 is 0. The maximum atomic E-state index is 13.6. The van der Waals surface area contributed by atoms with Crippen LogP contribution in [0.3, 0.4) is 0 Å². The Hall–Kier alpha value is -2.31. The maximum Gasteiger partial charge on any atom is 0.234 e. The van der Waals surface area contributed by atoms with Crippen molar-refractivity contribution < 1.29 is 9.18 Å². The lowest BCUT2D eigenvalue weighted by Gasteiger charge is -2.35. The highest BCUT2D eigenvalue weighted by Gasteiger charge is 2.25. The second-order valence-electron chi connectivity index (χ2n) is 5.84. The molecule has 3 rings (SSSR count). The Morgan fingerprint density at radius 3 is 3.00 bits per heavy atom. The average molecular weight is 328 g/mol. The number of halogens is 1. The van der Waals surface area contributed by atoms with Crippen molar-refractivity contribution in [2.45, 2.75) is 12.6 Å². The molecule has 1 aromatic heterocycles. The molecule has 0 saturated carbocycles. The van der Waals surface area contributed by atoms with Gasteiger partial charge < -0.3 is 10.6 Å². The normalized spacial score (nSPS) is 18.3.